The zero-order valence-corrected chi connectivity index (χ0v) is 20.4. The van der Waals surface area contributed by atoms with Crippen LogP contribution in [0.1, 0.15) is 54.1 Å². The van der Waals surface area contributed by atoms with E-state index in [4.69, 9.17) is 0 Å². The molecule has 2 N–H and O–H groups in total. The number of aromatic nitrogens is 5. The number of anilines is 2. The normalized spacial score (nSPS) is 14.1. The van der Waals surface area contributed by atoms with Gasteiger partial charge in [0.25, 0.3) is 5.91 Å². The SMILES string of the molecule is N#CCC(C1CCCC1)n1cc(-c2ccnc(Nc3ccccc3C(=O)NCc3cccnc3)n2)cn1. The van der Waals surface area contributed by atoms with Gasteiger partial charge in [0.2, 0.25) is 5.95 Å². The molecule has 1 aliphatic carbocycles. The van der Waals surface area contributed by atoms with E-state index in [1.54, 1.807) is 30.9 Å². The highest BCUT2D eigenvalue weighted by atomic mass is 16.1. The van der Waals surface area contributed by atoms with Crippen molar-refractivity contribution >= 4 is 17.5 Å². The van der Waals surface area contributed by atoms with Crippen molar-refractivity contribution in [3.05, 3.63) is 84.6 Å². The Hall–Kier alpha value is -4.58. The molecule has 0 radical (unpaired) electrons. The summed E-state index contributed by atoms with van der Waals surface area (Å²) in [6.45, 7) is 0.380. The largest absolute Gasteiger partial charge is 0.348 e. The highest BCUT2D eigenvalue weighted by Gasteiger charge is 2.27. The van der Waals surface area contributed by atoms with Crippen LogP contribution >= 0.6 is 0 Å². The molecule has 1 saturated carbocycles. The Morgan fingerprint density at radius 1 is 1.11 bits per heavy atom. The van der Waals surface area contributed by atoms with Crippen molar-refractivity contribution < 1.29 is 4.79 Å². The first-order chi connectivity index (χ1) is 18.2. The number of rotatable bonds is 9. The minimum absolute atomic E-state index is 0.0812. The second-order valence-corrected chi connectivity index (χ2v) is 9.16. The lowest BCUT2D eigenvalue weighted by Crippen LogP contribution is -2.23. The molecule has 0 bridgehead atoms. The molecule has 4 aromatic rings. The first-order valence-electron chi connectivity index (χ1n) is 12.5. The number of hydrogen-bond donors (Lipinski definition) is 2. The van der Waals surface area contributed by atoms with Crippen molar-refractivity contribution in [3.8, 4) is 17.3 Å². The highest BCUT2D eigenvalue weighted by Crippen LogP contribution is 2.36. The summed E-state index contributed by atoms with van der Waals surface area (Å²) in [4.78, 5) is 26.0. The average Bonchev–Trinajstić information content (AvgIpc) is 3.65. The number of carbonyl (C=O) groups excluding carboxylic acids is 1. The third-order valence-electron chi connectivity index (χ3n) is 6.73. The number of para-hydroxylation sites is 1. The van der Waals surface area contributed by atoms with E-state index >= 15 is 0 Å². The number of carbonyl (C=O) groups is 1. The summed E-state index contributed by atoms with van der Waals surface area (Å²) >= 11 is 0. The summed E-state index contributed by atoms with van der Waals surface area (Å²) in [5.74, 6) is 0.651. The first kappa shape index (κ1) is 24.1. The van der Waals surface area contributed by atoms with Gasteiger partial charge >= 0.3 is 0 Å². The van der Waals surface area contributed by atoms with Gasteiger partial charge in [0, 0.05) is 36.9 Å². The zero-order valence-electron chi connectivity index (χ0n) is 20.4. The van der Waals surface area contributed by atoms with E-state index in [0.717, 1.165) is 24.0 Å². The molecule has 3 heterocycles. The lowest BCUT2D eigenvalue weighted by molar-refractivity contribution is 0.0951. The Kier molecular flexibility index (Phi) is 7.46. The van der Waals surface area contributed by atoms with Gasteiger partial charge in [-0.25, -0.2) is 9.97 Å². The Morgan fingerprint density at radius 3 is 2.78 bits per heavy atom. The van der Waals surface area contributed by atoms with Crippen molar-refractivity contribution in [2.45, 2.75) is 44.7 Å². The molecule has 1 aromatic carbocycles. The van der Waals surface area contributed by atoms with Crippen LogP contribution in [-0.2, 0) is 6.54 Å². The average molecular weight is 493 g/mol. The summed E-state index contributed by atoms with van der Waals surface area (Å²) < 4.78 is 1.92. The number of pyridine rings is 1. The molecule has 37 heavy (non-hydrogen) atoms. The molecule has 0 saturated heterocycles. The number of nitrogens with zero attached hydrogens (tertiary/aromatic N) is 6. The number of hydrogen-bond acceptors (Lipinski definition) is 7. The minimum Gasteiger partial charge on any atom is -0.348 e. The van der Waals surface area contributed by atoms with Gasteiger partial charge in [0.05, 0.1) is 41.7 Å². The number of nitriles is 1. The lowest BCUT2D eigenvalue weighted by atomic mass is 9.96. The number of benzene rings is 1. The monoisotopic (exact) mass is 492 g/mol. The summed E-state index contributed by atoms with van der Waals surface area (Å²) in [5.41, 5.74) is 3.58. The van der Waals surface area contributed by atoms with E-state index in [1.807, 2.05) is 47.3 Å². The van der Waals surface area contributed by atoms with E-state index < -0.39 is 0 Å². The standard InChI is InChI=1S/C28H28N8O/c29-13-11-26(21-7-1-2-8-21)36-19-22(18-33-36)24-12-15-31-28(34-24)35-25-10-4-3-9-23(25)27(37)32-17-20-6-5-14-30-16-20/h3-6,9-10,12,14-16,18-19,21,26H,1-2,7-8,11,17H2,(H,32,37)(H,31,34,35). The van der Waals surface area contributed by atoms with Crippen LogP contribution in [0.25, 0.3) is 11.3 Å². The van der Waals surface area contributed by atoms with E-state index in [0.29, 0.717) is 41.8 Å². The molecular formula is C28H28N8O. The summed E-state index contributed by atoms with van der Waals surface area (Å²) in [7, 11) is 0. The van der Waals surface area contributed by atoms with Gasteiger partial charge in [-0.05, 0) is 48.6 Å². The molecular weight excluding hydrogens is 464 g/mol. The molecule has 1 unspecified atom stereocenters. The van der Waals surface area contributed by atoms with Crippen LogP contribution in [0, 0.1) is 17.2 Å². The molecule has 0 aliphatic heterocycles. The van der Waals surface area contributed by atoms with Crippen LogP contribution in [0.15, 0.2) is 73.4 Å². The Labute approximate surface area is 215 Å². The maximum absolute atomic E-state index is 12.9. The van der Waals surface area contributed by atoms with E-state index in [9.17, 15) is 10.1 Å². The van der Waals surface area contributed by atoms with E-state index in [-0.39, 0.29) is 11.9 Å². The molecule has 9 nitrogen and oxygen atoms in total. The van der Waals surface area contributed by atoms with Crippen LogP contribution < -0.4 is 10.6 Å². The fourth-order valence-corrected chi connectivity index (χ4v) is 4.83. The van der Waals surface area contributed by atoms with Crippen LogP contribution in [-0.4, -0.2) is 30.6 Å². The van der Waals surface area contributed by atoms with Crippen molar-refractivity contribution in [1.82, 2.24) is 30.0 Å². The van der Waals surface area contributed by atoms with Crippen molar-refractivity contribution in [2.24, 2.45) is 5.92 Å². The third kappa shape index (κ3) is 5.81. The first-order valence-corrected chi connectivity index (χ1v) is 12.5. The molecule has 5 rings (SSSR count). The minimum atomic E-state index is -0.208. The third-order valence-corrected chi connectivity index (χ3v) is 6.73. The summed E-state index contributed by atoms with van der Waals surface area (Å²) in [6, 6.07) is 15.2. The molecule has 3 aromatic heterocycles. The fourth-order valence-electron chi connectivity index (χ4n) is 4.83. The van der Waals surface area contributed by atoms with Gasteiger partial charge in [0.15, 0.2) is 0 Å². The summed E-state index contributed by atoms with van der Waals surface area (Å²) in [5, 5.41) is 20.1. The van der Waals surface area contributed by atoms with E-state index in [1.165, 1.54) is 12.8 Å². The van der Waals surface area contributed by atoms with Gasteiger partial charge in [0.1, 0.15) is 0 Å². The van der Waals surface area contributed by atoms with Crippen molar-refractivity contribution in [2.75, 3.05) is 5.32 Å². The quantitative estimate of drug-likeness (QED) is 0.335. The Morgan fingerprint density at radius 2 is 1.97 bits per heavy atom. The van der Waals surface area contributed by atoms with Gasteiger partial charge in [-0.15, -0.1) is 0 Å². The lowest BCUT2D eigenvalue weighted by Gasteiger charge is -2.21. The zero-order chi connectivity index (χ0) is 25.5. The molecule has 1 amide bonds. The molecule has 1 atom stereocenters. The predicted octanol–water partition coefficient (Wildman–Crippen LogP) is 5.05. The van der Waals surface area contributed by atoms with E-state index in [2.05, 4.69) is 36.8 Å². The predicted molar refractivity (Wildman–Crippen MR) is 140 cm³/mol. The number of amides is 1. The maximum atomic E-state index is 12.9. The smallest absolute Gasteiger partial charge is 0.253 e. The van der Waals surface area contributed by atoms with Gasteiger partial charge in [-0.2, -0.15) is 10.4 Å². The van der Waals surface area contributed by atoms with Crippen molar-refractivity contribution in [3.63, 3.8) is 0 Å². The van der Waals surface area contributed by atoms with Crippen LogP contribution in [0.5, 0.6) is 0 Å². The molecule has 186 valence electrons. The highest BCUT2D eigenvalue weighted by molar-refractivity contribution is 6.00. The van der Waals surface area contributed by atoms with Crippen LogP contribution in [0.3, 0.4) is 0 Å². The van der Waals surface area contributed by atoms with Crippen LogP contribution in [0.2, 0.25) is 0 Å². The Bertz CT molecular complexity index is 1390. The molecule has 1 fully saturated rings. The number of nitrogens with one attached hydrogen (secondary N) is 2. The van der Waals surface area contributed by atoms with Gasteiger partial charge < -0.3 is 10.6 Å². The topological polar surface area (TPSA) is 121 Å². The van der Waals surface area contributed by atoms with Gasteiger partial charge in [-0.1, -0.05) is 31.0 Å². The Balaban J connectivity index is 1.31. The second-order valence-electron chi connectivity index (χ2n) is 9.16. The summed E-state index contributed by atoms with van der Waals surface area (Å²) in [6.07, 6.45) is 14.0. The van der Waals surface area contributed by atoms with Gasteiger partial charge in [-0.3, -0.25) is 14.5 Å². The van der Waals surface area contributed by atoms with Crippen LogP contribution in [0.4, 0.5) is 11.6 Å². The molecule has 1 aliphatic rings. The van der Waals surface area contributed by atoms with Crippen molar-refractivity contribution in [1.29, 1.82) is 5.26 Å². The molecule has 0 spiro atoms. The fraction of sp³-hybridized carbons (Fsp3) is 0.286. The second kappa shape index (κ2) is 11.4. The molecule has 9 heteroatoms. The maximum Gasteiger partial charge on any atom is 0.253 e.